The molecule has 6 heteroatoms. The number of imide groups is 1. The summed E-state index contributed by atoms with van der Waals surface area (Å²) in [6.07, 6.45) is 1.96. The average molecular weight is 371 g/mol. The Morgan fingerprint density at radius 3 is 2.19 bits per heavy atom. The van der Waals surface area contributed by atoms with Crippen molar-refractivity contribution in [3.05, 3.63) is 35.5 Å². The lowest BCUT2D eigenvalue weighted by Gasteiger charge is -2.36. The van der Waals surface area contributed by atoms with E-state index in [0.717, 1.165) is 37.2 Å². The maximum atomic E-state index is 13.2. The van der Waals surface area contributed by atoms with Gasteiger partial charge in [-0.2, -0.15) is 0 Å². The van der Waals surface area contributed by atoms with E-state index < -0.39 is 0 Å². The van der Waals surface area contributed by atoms with Gasteiger partial charge in [0.25, 0.3) is 11.8 Å². The molecule has 2 amide bonds. The Bertz CT molecular complexity index is 746. The summed E-state index contributed by atoms with van der Waals surface area (Å²) in [7, 11) is 5.67. The van der Waals surface area contributed by atoms with Crippen LogP contribution in [0.1, 0.15) is 32.3 Å². The minimum atomic E-state index is -0.213. The Morgan fingerprint density at radius 2 is 1.67 bits per heavy atom. The summed E-state index contributed by atoms with van der Waals surface area (Å²) in [5.41, 5.74) is 1.78. The van der Waals surface area contributed by atoms with E-state index in [1.807, 2.05) is 50.1 Å². The lowest BCUT2D eigenvalue weighted by atomic mass is 10.00. The number of piperidine rings is 1. The number of nitrogens with zero attached hydrogens (tertiary/aromatic N) is 3. The van der Waals surface area contributed by atoms with Crippen molar-refractivity contribution in [1.29, 1.82) is 0 Å². The lowest BCUT2D eigenvalue weighted by molar-refractivity contribution is -0.139. The average Bonchev–Trinajstić information content (AvgIpc) is 2.92. The second-order valence-electron chi connectivity index (χ2n) is 7.67. The molecule has 146 valence electrons. The van der Waals surface area contributed by atoms with Crippen molar-refractivity contribution in [2.45, 2.75) is 38.8 Å². The number of likely N-dealkylation sites (tertiary alicyclic amines) is 1. The molecule has 0 aliphatic carbocycles. The van der Waals surface area contributed by atoms with Crippen molar-refractivity contribution in [1.82, 2.24) is 14.7 Å². The van der Waals surface area contributed by atoms with Crippen molar-refractivity contribution < 1.29 is 14.3 Å². The van der Waals surface area contributed by atoms with Crippen molar-refractivity contribution in [3.63, 3.8) is 0 Å². The van der Waals surface area contributed by atoms with E-state index in [1.165, 1.54) is 4.90 Å². The molecule has 1 fully saturated rings. The minimum Gasteiger partial charge on any atom is -0.497 e. The van der Waals surface area contributed by atoms with Gasteiger partial charge in [0.05, 0.1) is 12.7 Å². The molecule has 2 aliphatic rings. The highest BCUT2D eigenvalue weighted by Crippen LogP contribution is 2.35. The highest BCUT2D eigenvalue weighted by Gasteiger charge is 2.43. The summed E-state index contributed by atoms with van der Waals surface area (Å²) in [4.78, 5) is 32.0. The normalized spacial score (nSPS) is 19.4. The fraction of sp³-hybridized carbons (Fsp3) is 0.524. The topological polar surface area (TPSA) is 53.1 Å². The molecule has 27 heavy (non-hydrogen) atoms. The molecule has 0 aromatic heterocycles. The van der Waals surface area contributed by atoms with Gasteiger partial charge in [-0.05, 0) is 64.5 Å². The number of benzene rings is 1. The summed E-state index contributed by atoms with van der Waals surface area (Å²) >= 11 is 0. The van der Waals surface area contributed by atoms with Gasteiger partial charge < -0.3 is 14.5 Å². The van der Waals surface area contributed by atoms with Crippen LogP contribution in [-0.4, -0.2) is 72.9 Å². The van der Waals surface area contributed by atoms with Gasteiger partial charge in [-0.3, -0.25) is 14.5 Å². The minimum absolute atomic E-state index is 0.179. The van der Waals surface area contributed by atoms with Gasteiger partial charge in [-0.15, -0.1) is 0 Å². The molecule has 0 unspecified atom stereocenters. The second kappa shape index (κ2) is 7.72. The lowest BCUT2D eigenvalue weighted by Crippen LogP contribution is -2.44. The number of rotatable bonds is 5. The van der Waals surface area contributed by atoms with E-state index in [1.54, 1.807) is 7.11 Å². The third-order valence-electron chi connectivity index (χ3n) is 5.57. The van der Waals surface area contributed by atoms with Gasteiger partial charge in [-0.25, -0.2) is 0 Å². The standard InChI is InChI=1S/C21H29N3O3/c1-14(2)24-20(25)18(15-6-8-17(27-5)9-7-15)19(21(24)26)23(4)16-10-12-22(3)13-11-16/h6-9,14,16H,10-13H2,1-5H3. The molecule has 6 nitrogen and oxygen atoms in total. The Hall–Kier alpha value is -2.34. The summed E-state index contributed by atoms with van der Waals surface area (Å²) in [6, 6.07) is 7.43. The molecular formula is C21H29N3O3. The summed E-state index contributed by atoms with van der Waals surface area (Å²) < 4.78 is 5.23. The SMILES string of the molecule is COc1ccc(C2=C(N(C)C3CCN(C)CC3)C(=O)N(C(C)C)C2=O)cc1. The van der Waals surface area contributed by atoms with Gasteiger partial charge in [0.2, 0.25) is 0 Å². The summed E-state index contributed by atoms with van der Waals surface area (Å²) in [6.45, 7) is 5.74. The van der Waals surface area contributed by atoms with Crippen LogP contribution in [0.5, 0.6) is 5.75 Å². The zero-order valence-electron chi connectivity index (χ0n) is 16.9. The largest absolute Gasteiger partial charge is 0.497 e. The molecule has 1 aromatic rings. The monoisotopic (exact) mass is 371 g/mol. The van der Waals surface area contributed by atoms with E-state index in [9.17, 15) is 9.59 Å². The maximum absolute atomic E-state index is 13.2. The fourth-order valence-electron chi connectivity index (χ4n) is 3.91. The van der Waals surface area contributed by atoms with Crippen molar-refractivity contribution in [3.8, 4) is 5.75 Å². The molecule has 0 saturated carbocycles. The van der Waals surface area contributed by atoms with E-state index in [2.05, 4.69) is 11.9 Å². The van der Waals surface area contributed by atoms with Crippen molar-refractivity contribution in [2.24, 2.45) is 0 Å². The molecule has 3 rings (SSSR count). The zero-order chi connectivity index (χ0) is 19.7. The van der Waals surface area contributed by atoms with Crippen LogP contribution in [0.3, 0.4) is 0 Å². The van der Waals surface area contributed by atoms with Gasteiger partial charge in [-0.1, -0.05) is 12.1 Å². The van der Waals surface area contributed by atoms with Crippen molar-refractivity contribution >= 4 is 17.4 Å². The Morgan fingerprint density at radius 1 is 1.07 bits per heavy atom. The third kappa shape index (κ3) is 3.58. The molecule has 0 radical (unpaired) electrons. The van der Waals surface area contributed by atoms with E-state index in [0.29, 0.717) is 11.3 Å². The fourth-order valence-corrected chi connectivity index (χ4v) is 3.91. The number of methoxy groups -OCH3 is 1. The van der Waals surface area contributed by atoms with Gasteiger partial charge >= 0.3 is 0 Å². The van der Waals surface area contributed by atoms with Gasteiger partial charge in [0, 0.05) is 19.1 Å². The smallest absolute Gasteiger partial charge is 0.278 e. The first kappa shape index (κ1) is 19.4. The first-order chi connectivity index (χ1) is 12.8. The maximum Gasteiger partial charge on any atom is 0.278 e. The number of amides is 2. The number of hydrogen-bond donors (Lipinski definition) is 0. The molecule has 0 bridgehead atoms. The van der Waals surface area contributed by atoms with Crippen LogP contribution in [0.25, 0.3) is 5.57 Å². The molecule has 1 aromatic carbocycles. The predicted octanol–water partition coefficient (Wildman–Crippen LogP) is 2.21. The van der Waals surface area contributed by atoms with Crippen LogP contribution >= 0.6 is 0 Å². The molecule has 1 saturated heterocycles. The number of carbonyl (C=O) groups excluding carboxylic acids is 2. The Balaban J connectivity index is 2.03. The highest BCUT2D eigenvalue weighted by molar-refractivity contribution is 6.35. The molecule has 0 N–H and O–H groups in total. The zero-order valence-corrected chi connectivity index (χ0v) is 16.9. The second-order valence-corrected chi connectivity index (χ2v) is 7.67. The van der Waals surface area contributed by atoms with Gasteiger partial charge in [0.1, 0.15) is 11.4 Å². The van der Waals surface area contributed by atoms with Crippen LogP contribution in [0.4, 0.5) is 0 Å². The highest BCUT2D eigenvalue weighted by atomic mass is 16.5. The van der Waals surface area contributed by atoms with E-state index >= 15 is 0 Å². The van der Waals surface area contributed by atoms with E-state index in [4.69, 9.17) is 4.74 Å². The number of hydrogen-bond acceptors (Lipinski definition) is 5. The number of ether oxygens (including phenoxy) is 1. The van der Waals surface area contributed by atoms with Crippen LogP contribution in [-0.2, 0) is 9.59 Å². The van der Waals surface area contributed by atoms with E-state index in [-0.39, 0.29) is 23.9 Å². The molecule has 2 aliphatic heterocycles. The van der Waals surface area contributed by atoms with Crippen LogP contribution in [0, 0.1) is 0 Å². The van der Waals surface area contributed by atoms with Crippen LogP contribution < -0.4 is 4.74 Å². The summed E-state index contributed by atoms with van der Waals surface area (Å²) in [5, 5.41) is 0. The summed E-state index contributed by atoms with van der Waals surface area (Å²) in [5.74, 6) is 0.319. The first-order valence-electron chi connectivity index (χ1n) is 9.53. The first-order valence-corrected chi connectivity index (χ1v) is 9.53. The predicted molar refractivity (Wildman–Crippen MR) is 105 cm³/mol. The Kier molecular flexibility index (Phi) is 5.56. The van der Waals surface area contributed by atoms with Gasteiger partial charge in [0.15, 0.2) is 0 Å². The molecular weight excluding hydrogens is 342 g/mol. The molecule has 0 spiro atoms. The van der Waals surface area contributed by atoms with Crippen molar-refractivity contribution in [2.75, 3.05) is 34.3 Å². The van der Waals surface area contributed by atoms with Crippen LogP contribution in [0.2, 0.25) is 0 Å². The number of likely N-dealkylation sites (N-methyl/N-ethyl adjacent to an activating group) is 1. The van der Waals surface area contributed by atoms with Crippen LogP contribution in [0.15, 0.2) is 30.0 Å². The quantitative estimate of drug-likeness (QED) is 0.743. The Labute approximate surface area is 161 Å². The molecule has 2 heterocycles. The molecule has 0 atom stereocenters. The number of carbonyl (C=O) groups is 2. The third-order valence-corrected chi connectivity index (χ3v) is 5.57.